The summed E-state index contributed by atoms with van der Waals surface area (Å²) in [5, 5.41) is 24.4. The predicted molar refractivity (Wildman–Crippen MR) is 121 cm³/mol. The van der Waals surface area contributed by atoms with E-state index in [0.717, 1.165) is 37.7 Å². The number of aryl methyl sites for hydroxylation is 1. The quantitative estimate of drug-likeness (QED) is 0.675. The second-order valence-corrected chi connectivity index (χ2v) is 10.3. The Morgan fingerprint density at radius 1 is 1.16 bits per heavy atom. The molecule has 3 aliphatic rings. The Morgan fingerprint density at radius 2 is 1.94 bits per heavy atom. The van der Waals surface area contributed by atoms with Crippen molar-refractivity contribution in [3.05, 3.63) is 65.2 Å². The number of aliphatic hydroxyl groups is 1. The van der Waals surface area contributed by atoms with Gasteiger partial charge in [-0.25, -0.2) is 0 Å². The lowest BCUT2D eigenvalue weighted by Gasteiger charge is -2.50. The first kappa shape index (κ1) is 20.6. The van der Waals surface area contributed by atoms with Crippen LogP contribution in [-0.2, 0) is 11.2 Å². The van der Waals surface area contributed by atoms with E-state index < -0.39 is 6.10 Å². The summed E-state index contributed by atoms with van der Waals surface area (Å²) in [6.45, 7) is 4.21. The van der Waals surface area contributed by atoms with E-state index in [0.29, 0.717) is 23.5 Å². The lowest BCUT2D eigenvalue weighted by molar-refractivity contribution is -0.130. The van der Waals surface area contributed by atoms with Gasteiger partial charge in [-0.15, -0.1) is 0 Å². The van der Waals surface area contributed by atoms with E-state index in [4.69, 9.17) is 0 Å². The number of hydrogen-bond donors (Lipinski definition) is 3. The van der Waals surface area contributed by atoms with Crippen LogP contribution in [0.3, 0.4) is 0 Å². The normalized spacial score (nSPS) is 34.9. The van der Waals surface area contributed by atoms with E-state index in [-0.39, 0.29) is 23.3 Å². The van der Waals surface area contributed by atoms with Crippen LogP contribution in [-0.4, -0.2) is 22.2 Å². The summed E-state index contributed by atoms with van der Waals surface area (Å²) >= 11 is 0. The number of carbonyl (C=O) groups excluding carboxylic acids is 1. The van der Waals surface area contributed by atoms with Crippen LogP contribution in [0.4, 0.5) is 0 Å². The molecule has 3 N–H and O–H groups in total. The third-order valence-corrected chi connectivity index (χ3v) is 8.71. The Morgan fingerprint density at radius 3 is 2.71 bits per heavy atom. The number of aromatic hydroxyl groups is 1. The number of phenols is 1. The van der Waals surface area contributed by atoms with Crippen molar-refractivity contribution in [2.75, 3.05) is 0 Å². The molecule has 0 radical (unpaired) electrons. The van der Waals surface area contributed by atoms with Gasteiger partial charge in [-0.1, -0.05) is 43.3 Å². The van der Waals surface area contributed by atoms with Gasteiger partial charge in [0.05, 0.1) is 18.1 Å². The van der Waals surface area contributed by atoms with Crippen molar-refractivity contribution < 1.29 is 15.0 Å². The summed E-state index contributed by atoms with van der Waals surface area (Å²) < 4.78 is 0. The standard InChI is InChI=1S/C27H33NO3/c1-16(17-6-4-3-5-7-17)28-26(31)23-15-24-22-10-8-18-14-19(29)9-11-20(18)21(22)12-13-27(24,2)25(23)30/h3-7,9,11,14,16,21-25,29-30H,8,10,12-13,15H2,1-2H3,(H,28,31). The molecule has 4 nitrogen and oxygen atoms in total. The molecule has 5 rings (SSSR count). The summed E-state index contributed by atoms with van der Waals surface area (Å²) in [7, 11) is 0. The zero-order valence-corrected chi connectivity index (χ0v) is 18.4. The average Bonchev–Trinajstić information content (AvgIpc) is 3.05. The van der Waals surface area contributed by atoms with Crippen LogP contribution in [0.5, 0.6) is 5.75 Å². The summed E-state index contributed by atoms with van der Waals surface area (Å²) in [5.74, 6) is 1.30. The highest BCUT2D eigenvalue weighted by atomic mass is 16.3. The molecular formula is C27H33NO3. The van der Waals surface area contributed by atoms with Gasteiger partial charge in [-0.05, 0) is 91.0 Å². The van der Waals surface area contributed by atoms with Gasteiger partial charge in [-0.3, -0.25) is 4.79 Å². The zero-order valence-electron chi connectivity index (χ0n) is 18.4. The first-order chi connectivity index (χ1) is 14.9. The van der Waals surface area contributed by atoms with E-state index in [1.54, 1.807) is 6.07 Å². The molecule has 3 aliphatic carbocycles. The molecule has 0 spiro atoms. The van der Waals surface area contributed by atoms with Crippen LogP contribution >= 0.6 is 0 Å². The number of hydrogen-bond acceptors (Lipinski definition) is 3. The van der Waals surface area contributed by atoms with E-state index in [1.165, 1.54) is 11.1 Å². The minimum absolute atomic E-state index is 0.0165. The van der Waals surface area contributed by atoms with Gasteiger partial charge in [0, 0.05) is 0 Å². The Hall–Kier alpha value is -2.33. The van der Waals surface area contributed by atoms with Crippen molar-refractivity contribution in [2.45, 2.75) is 64.0 Å². The number of amides is 1. The second-order valence-electron chi connectivity index (χ2n) is 10.3. The third-order valence-electron chi connectivity index (χ3n) is 8.71. The van der Waals surface area contributed by atoms with Gasteiger partial charge < -0.3 is 15.5 Å². The third kappa shape index (κ3) is 3.36. The highest BCUT2D eigenvalue weighted by molar-refractivity contribution is 5.80. The molecule has 0 heterocycles. The highest BCUT2D eigenvalue weighted by Gasteiger charge is 2.59. The van der Waals surface area contributed by atoms with Crippen molar-refractivity contribution >= 4 is 5.91 Å². The zero-order chi connectivity index (χ0) is 21.8. The maximum absolute atomic E-state index is 13.2. The molecule has 7 atom stereocenters. The first-order valence-corrected chi connectivity index (χ1v) is 11.7. The SMILES string of the molecule is CC(NC(=O)C1CC2C3CCc4cc(O)ccc4C3CCC2(C)C1O)c1ccccc1. The van der Waals surface area contributed by atoms with Crippen LogP contribution in [0.1, 0.15) is 68.2 Å². The van der Waals surface area contributed by atoms with E-state index in [2.05, 4.69) is 18.3 Å². The maximum atomic E-state index is 13.2. The smallest absolute Gasteiger partial charge is 0.226 e. The van der Waals surface area contributed by atoms with Crippen LogP contribution in [0.25, 0.3) is 0 Å². The van der Waals surface area contributed by atoms with Gasteiger partial charge in [0.25, 0.3) is 0 Å². The molecule has 2 aromatic carbocycles. The molecule has 0 aromatic heterocycles. The molecule has 164 valence electrons. The number of nitrogens with one attached hydrogen (secondary N) is 1. The molecule has 7 unspecified atom stereocenters. The van der Waals surface area contributed by atoms with Crippen molar-refractivity contribution in [3.63, 3.8) is 0 Å². The summed E-state index contributed by atoms with van der Waals surface area (Å²) in [6, 6.07) is 15.8. The average molecular weight is 420 g/mol. The van der Waals surface area contributed by atoms with Crippen molar-refractivity contribution in [1.29, 1.82) is 0 Å². The Bertz CT molecular complexity index is 974. The monoisotopic (exact) mass is 419 g/mol. The lowest BCUT2D eigenvalue weighted by atomic mass is 9.55. The van der Waals surface area contributed by atoms with Crippen molar-refractivity contribution in [3.8, 4) is 5.75 Å². The number of fused-ring (bicyclic) bond motifs is 5. The highest BCUT2D eigenvalue weighted by Crippen LogP contribution is 2.62. The molecule has 2 fully saturated rings. The van der Waals surface area contributed by atoms with Crippen LogP contribution < -0.4 is 5.32 Å². The fraction of sp³-hybridized carbons (Fsp3) is 0.519. The number of aliphatic hydroxyl groups excluding tert-OH is 1. The molecule has 0 aliphatic heterocycles. The van der Waals surface area contributed by atoms with Gasteiger partial charge in [-0.2, -0.15) is 0 Å². The van der Waals surface area contributed by atoms with E-state index in [9.17, 15) is 15.0 Å². The topological polar surface area (TPSA) is 69.6 Å². The van der Waals surface area contributed by atoms with Crippen LogP contribution in [0.2, 0.25) is 0 Å². The summed E-state index contributed by atoms with van der Waals surface area (Å²) in [4.78, 5) is 13.2. The van der Waals surface area contributed by atoms with Gasteiger partial charge in [0.1, 0.15) is 5.75 Å². The summed E-state index contributed by atoms with van der Waals surface area (Å²) in [5.41, 5.74) is 3.53. The van der Waals surface area contributed by atoms with Crippen LogP contribution in [0, 0.1) is 23.2 Å². The van der Waals surface area contributed by atoms with Crippen molar-refractivity contribution in [1.82, 2.24) is 5.32 Å². The van der Waals surface area contributed by atoms with E-state index in [1.807, 2.05) is 43.3 Å². The molecule has 2 saturated carbocycles. The first-order valence-electron chi connectivity index (χ1n) is 11.7. The molecule has 1 amide bonds. The second kappa shape index (κ2) is 7.67. The van der Waals surface area contributed by atoms with Gasteiger partial charge in [0.2, 0.25) is 5.91 Å². The van der Waals surface area contributed by atoms with Crippen molar-refractivity contribution in [2.24, 2.45) is 23.2 Å². The predicted octanol–water partition coefficient (Wildman–Crippen LogP) is 4.71. The Kier molecular flexibility index (Phi) is 5.09. The van der Waals surface area contributed by atoms with Gasteiger partial charge in [0.15, 0.2) is 0 Å². The molecule has 4 heteroatoms. The fourth-order valence-electron chi connectivity index (χ4n) is 6.99. The Balaban J connectivity index is 1.36. The lowest BCUT2D eigenvalue weighted by Crippen LogP contribution is -2.45. The number of benzene rings is 2. The number of rotatable bonds is 3. The molecular weight excluding hydrogens is 386 g/mol. The summed E-state index contributed by atoms with van der Waals surface area (Å²) in [6.07, 6.45) is 4.19. The Labute approximate surface area is 184 Å². The molecule has 31 heavy (non-hydrogen) atoms. The number of phenolic OH excluding ortho intramolecular Hbond substituents is 1. The molecule has 0 saturated heterocycles. The minimum Gasteiger partial charge on any atom is -0.508 e. The van der Waals surface area contributed by atoms with Crippen LogP contribution in [0.15, 0.2) is 48.5 Å². The maximum Gasteiger partial charge on any atom is 0.226 e. The fourth-order valence-corrected chi connectivity index (χ4v) is 6.99. The number of carbonyl (C=O) groups is 1. The molecule has 0 bridgehead atoms. The molecule has 2 aromatic rings. The largest absolute Gasteiger partial charge is 0.508 e. The van der Waals surface area contributed by atoms with E-state index >= 15 is 0 Å². The van der Waals surface area contributed by atoms with Gasteiger partial charge >= 0.3 is 0 Å². The minimum atomic E-state index is -0.595.